The molecule has 1 rings (SSSR count). The number of aliphatic hydroxyl groups is 2. The number of rotatable bonds is 0. The maximum atomic E-state index is 9.25. The average molecular weight is 126 g/mol. The minimum Gasteiger partial charge on any atom is -0.386 e. The van der Waals surface area contributed by atoms with Crippen LogP contribution in [0.25, 0.3) is 0 Å². The van der Waals surface area contributed by atoms with Gasteiger partial charge < -0.3 is 10.2 Å². The molecule has 0 aromatic heterocycles. The van der Waals surface area contributed by atoms with Gasteiger partial charge in [-0.25, -0.2) is 0 Å². The fourth-order valence-corrected chi connectivity index (χ4v) is 0.713. The lowest BCUT2D eigenvalue weighted by Crippen LogP contribution is -2.36. The lowest BCUT2D eigenvalue weighted by atomic mass is 9.95. The molecule has 0 spiro atoms. The zero-order valence-corrected chi connectivity index (χ0v) is 5.28. The third-order valence-corrected chi connectivity index (χ3v) is 1.44. The summed E-state index contributed by atoms with van der Waals surface area (Å²) in [6.07, 6.45) is 5.79. The Hall–Kier alpha value is -0.600. The molecule has 2 atom stereocenters. The topological polar surface area (TPSA) is 40.5 Å². The first-order valence-corrected chi connectivity index (χ1v) is 2.89. The van der Waals surface area contributed by atoms with Gasteiger partial charge in [0.05, 0.1) is 0 Å². The quantitative estimate of drug-likeness (QED) is 0.487. The van der Waals surface area contributed by atoms with Crippen molar-refractivity contribution in [2.75, 3.05) is 0 Å². The van der Waals surface area contributed by atoms with E-state index in [0.29, 0.717) is 0 Å². The highest BCUT2D eigenvalue weighted by Crippen LogP contribution is 2.16. The van der Waals surface area contributed by atoms with E-state index in [4.69, 9.17) is 5.11 Å². The second-order valence-corrected chi connectivity index (χ2v) is 2.41. The minimum absolute atomic E-state index is 0.762. The Bertz CT molecular complexity index is 156. The Morgan fingerprint density at radius 3 is 2.44 bits per heavy atom. The first-order valence-electron chi connectivity index (χ1n) is 2.89. The van der Waals surface area contributed by atoms with Crippen molar-refractivity contribution >= 4 is 0 Å². The van der Waals surface area contributed by atoms with Crippen molar-refractivity contribution in [2.45, 2.75) is 18.6 Å². The molecule has 0 bridgehead atoms. The lowest BCUT2D eigenvalue weighted by Gasteiger charge is -2.24. The van der Waals surface area contributed by atoms with Crippen LogP contribution in [-0.2, 0) is 0 Å². The van der Waals surface area contributed by atoms with Crippen LogP contribution in [0.15, 0.2) is 24.3 Å². The van der Waals surface area contributed by atoms with Crippen molar-refractivity contribution in [1.82, 2.24) is 0 Å². The second-order valence-electron chi connectivity index (χ2n) is 2.41. The summed E-state index contributed by atoms with van der Waals surface area (Å²) in [5, 5.41) is 18.3. The van der Waals surface area contributed by atoms with Crippen LogP contribution in [0.4, 0.5) is 0 Å². The smallest absolute Gasteiger partial charge is 0.110 e. The van der Waals surface area contributed by atoms with E-state index in [1.807, 2.05) is 0 Å². The van der Waals surface area contributed by atoms with E-state index in [9.17, 15) is 5.11 Å². The van der Waals surface area contributed by atoms with Crippen molar-refractivity contribution < 1.29 is 10.2 Å². The lowest BCUT2D eigenvalue weighted by molar-refractivity contribution is -0.000772. The van der Waals surface area contributed by atoms with Crippen LogP contribution in [0, 0.1) is 0 Å². The van der Waals surface area contributed by atoms with E-state index >= 15 is 0 Å². The zero-order chi connectivity index (χ0) is 6.91. The molecular weight excluding hydrogens is 116 g/mol. The summed E-state index contributed by atoms with van der Waals surface area (Å²) < 4.78 is 0. The van der Waals surface area contributed by atoms with Gasteiger partial charge in [0, 0.05) is 0 Å². The Kier molecular flexibility index (Phi) is 1.43. The van der Waals surface area contributed by atoms with Gasteiger partial charge in [-0.05, 0) is 6.92 Å². The van der Waals surface area contributed by atoms with Gasteiger partial charge in [-0.15, -0.1) is 0 Å². The second kappa shape index (κ2) is 1.97. The summed E-state index contributed by atoms with van der Waals surface area (Å²) in [6.45, 7) is 1.57. The molecule has 0 saturated heterocycles. The molecule has 2 nitrogen and oxygen atoms in total. The van der Waals surface area contributed by atoms with Gasteiger partial charge in [-0.3, -0.25) is 0 Å². The highest BCUT2D eigenvalue weighted by Gasteiger charge is 2.25. The predicted octanol–water partition coefficient (Wildman–Crippen LogP) is 0.224. The average Bonchev–Trinajstić information content (AvgIpc) is 1.77. The van der Waals surface area contributed by atoms with Crippen LogP contribution in [0.3, 0.4) is 0 Å². The van der Waals surface area contributed by atoms with Gasteiger partial charge in [0.15, 0.2) is 0 Å². The van der Waals surface area contributed by atoms with Gasteiger partial charge in [0.1, 0.15) is 11.7 Å². The predicted molar refractivity (Wildman–Crippen MR) is 34.9 cm³/mol. The Morgan fingerprint density at radius 1 is 1.44 bits per heavy atom. The van der Waals surface area contributed by atoms with Crippen molar-refractivity contribution in [3.63, 3.8) is 0 Å². The highest BCUT2D eigenvalue weighted by atomic mass is 16.3. The summed E-state index contributed by atoms with van der Waals surface area (Å²) in [7, 11) is 0. The first-order chi connectivity index (χ1) is 4.13. The van der Waals surface area contributed by atoms with E-state index in [1.165, 1.54) is 0 Å². The fraction of sp³-hybridized carbons (Fsp3) is 0.429. The molecule has 0 saturated carbocycles. The molecule has 0 heterocycles. The van der Waals surface area contributed by atoms with Crippen LogP contribution >= 0.6 is 0 Å². The van der Waals surface area contributed by atoms with E-state index in [0.717, 1.165) is 0 Å². The first kappa shape index (κ1) is 6.52. The SMILES string of the molecule is C[C@@]1(O)C=CC=C[C@@H]1O. The number of allylic oxidation sites excluding steroid dienone is 2. The Morgan fingerprint density at radius 2 is 2.11 bits per heavy atom. The normalized spacial score (nSPS) is 41.4. The maximum absolute atomic E-state index is 9.25. The standard InChI is InChI=1S/C7H10O2/c1-7(9)5-3-2-4-6(7)8/h2-6,8-9H,1H3/t6-,7+/m0/s1. The Labute approximate surface area is 54.1 Å². The monoisotopic (exact) mass is 126 g/mol. The van der Waals surface area contributed by atoms with Crippen LogP contribution < -0.4 is 0 Å². The van der Waals surface area contributed by atoms with Gasteiger partial charge in [0.2, 0.25) is 0 Å². The van der Waals surface area contributed by atoms with Gasteiger partial charge in [0.25, 0.3) is 0 Å². The van der Waals surface area contributed by atoms with Crippen molar-refractivity contribution in [3.05, 3.63) is 24.3 Å². The molecule has 0 fully saturated rings. The number of aliphatic hydroxyl groups excluding tert-OH is 1. The molecule has 2 N–H and O–H groups in total. The molecular formula is C7H10O2. The van der Waals surface area contributed by atoms with Gasteiger partial charge in [-0.2, -0.15) is 0 Å². The largest absolute Gasteiger partial charge is 0.386 e. The maximum Gasteiger partial charge on any atom is 0.110 e. The molecule has 1 aliphatic carbocycles. The van der Waals surface area contributed by atoms with Crippen molar-refractivity contribution in [3.8, 4) is 0 Å². The molecule has 0 aromatic rings. The van der Waals surface area contributed by atoms with Crippen LogP contribution in [0.2, 0.25) is 0 Å². The van der Waals surface area contributed by atoms with E-state index in [-0.39, 0.29) is 0 Å². The number of hydrogen-bond donors (Lipinski definition) is 2. The van der Waals surface area contributed by atoms with E-state index in [1.54, 1.807) is 31.2 Å². The summed E-state index contributed by atoms with van der Waals surface area (Å²) in [5.41, 5.74) is -1.07. The number of hydrogen-bond acceptors (Lipinski definition) is 2. The Balaban J connectivity index is 2.78. The molecule has 0 radical (unpaired) electrons. The van der Waals surface area contributed by atoms with Crippen LogP contribution in [0.1, 0.15) is 6.92 Å². The van der Waals surface area contributed by atoms with E-state index < -0.39 is 11.7 Å². The molecule has 0 aliphatic heterocycles. The molecule has 0 unspecified atom stereocenters. The fourth-order valence-electron chi connectivity index (χ4n) is 0.713. The molecule has 2 heteroatoms. The third-order valence-electron chi connectivity index (χ3n) is 1.44. The van der Waals surface area contributed by atoms with Crippen LogP contribution in [-0.4, -0.2) is 21.9 Å². The molecule has 0 aromatic carbocycles. The molecule has 1 aliphatic rings. The highest BCUT2D eigenvalue weighted by molar-refractivity contribution is 5.20. The van der Waals surface area contributed by atoms with Crippen molar-refractivity contribution in [2.24, 2.45) is 0 Å². The summed E-state index contributed by atoms with van der Waals surface area (Å²) in [5.74, 6) is 0. The van der Waals surface area contributed by atoms with Crippen LogP contribution in [0.5, 0.6) is 0 Å². The van der Waals surface area contributed by atoms with Gasteiger partial charge >= 0.3 is 0 Å². The zero-order valence-electron chi connectivity index (χ0n) is 5.28. The van der Waals surface area contributed by atoms with E-state index in [2.05, 4.69) is 0 Å². The third kappa shape index (κ3) is 1.20. The summed E-state index contributed by atoms with van der Waals surface area (Å²) in [4.78, 5) is 0. The summed E-state index contributed by atoms with van der Waals surface area (Å²) >= 11 is 0. The molecule has 0 amide bonds. The minimum atomic E-state index is -1.07. The van der Waals surface area contributed by atoms with Crippen molar-refractivity contribution in [1.29, 1.82) is 0 Å². The molecule has 50 valence electrons. The molecule has 9 heavy (non-hydrogen) atoms. The van der Waals surface area contributed by atoms with Gasteiger partial charge in [-0.1, -0.05) is 24.3 Å². The summed E-state index contributed by atoms with van der Waals surface area (Å²) in [6, 6.07) is 0.